The normalized spacial score (nSPS) is 14.8. The van der Waals surface area contributed by atoms with Gasteiger partial charge in [-0.2, -0.15) is 0 Å². The van der Waals surface area contributed by atoms with Crippen LogP contribution in [0, 0.1) is 5.92 Å². The van der Waals surface area contributed by atoms with Crippen LogP contribution in [0.25, 0.3) is 0 Å². The highest BCUT2D eigenvalue weighted by molar-refractivity contribution is 7.15. The molecule has 0 unspecified atom stereocenters. The number of urea groups is 1. The van der Waals surface area contributed by atoms with Crippen molar-refractivity contribution in [3.8, 4) is 0 Å². The quantitative estimate of drug-likeness (QED) is 0.912. The Balaban J connectivity index is 1.52. The van der Waals surface area contributed by atoms with E-state index in [2.05, 4.69) is 20.5 Å². The molecular weight excluding hydrogens is 310 g/mol. The highest BCUT2D eigenvalue weighted by Gasteiger charge is 2.18. The summed E-state index contributed by atoms with van der Waals surface area (Å²) in [6, 6.07) is 3.62. The first-order valence-electron chi connectivity index (χ1n) is 7.94. The fraction of sp³-hybridized carbons (Fsp3) is 0.500. The third-order valence-electron chi connectivity index (χ3n) is 4.13. The van der Waals surface area contributed by atoms with Crippen molar-refractivity contribution in [1.82, 2.24) is 20.1 Å². The molecule has 0 saturated heterocycles. The van der Waals surface area contributed by atoms with E-state index in [1.54, 1.807) is 24.3 Å². The molecule has 2 aromatic rings. The van der Waals surface area contributed by atoms with Gasteiger partial charge in [0.2, 0.25) is 5.13 Å². The summed E-state index contributed by atoms with van der Waals surface area (Å²) in [7, 11) is 1.76. The Labute approximate surface area is 140 Å². The average Bonchev–Trinajstić information content (AvgIpc) is 3.21. The molecule has 1 aliphatic rings. The summed E-state index contributed by atoms with van der Waals surface area (Å²) >= 11 is 1.48. The summed E-state index contributed by atoms with van der Waals surface area (Å²) < 4.78 is 0. The third-order valence-corrected chi connectivity index (χ3v) is 5.00. The molecule has 1 fully saturated rings. The second-order valence-corrected chi connectivity index (χ2v) is 7.06. The Morgan fingerprint density at radius 1 is 1.30 bits per heavy atom. The molecule has 3 rings (SSSR count). The summed E-state index contributed by atoms with van der Waals surface area (Å²) in [5.41, 5.74) is 1.04. The summed E-state index contributed by atoms with van der Waals surface area (Å²) in [5, 5.41) is 12.7. The van der Waals surface area contributed by atoms with E-state index in [4.69, 9.17) is 0 Å². The Hall–Kier alpha value is -2.02. The molecule has 2 aromatic heterocycles. The number of carbonyl (C=O) groups excluding carboxylic acids is 1. The van der Waals surface area contributed by atoms with Gasteiger partial charge in [0.05, 0.1) is 0 Å². The van der Waals surface area contributed by atoms with E-state index in [-0.39, 0.29) is 6.03 Å². The van der Waals surface area contributed by atoms with E-state index < -0.39 is 0 Å². The van der Waals surface area contributed by atoms with Crippen LogP contribution in [-0.2, 0) is 13.0 Å². The largest absolute Gasteiger partial charge is 0.323 e. The molecule has 1 N–H and O–H groups in total. The monoisotopic (exact) mass is 331 g/mol. The molecule has 2 amide bonds. The Morgan fingerprint density at radius 3 is 2.78 bits per heavy atom. The van der Waals surface area contributed by atoms with Gasteiger partial charge >= 0.3 is 6.03 Å². The number of rotatable bonds is 5. The maximum Gasteiger partial charge on any atom is 0.323 e. The van der Waals surface area contributed by atoms with Crippen LogP contribution >= 0.6 is 11.3 Å². The molecule has 7 heteroatoms. The minimum Gasteiger partial charge on any atom is -0.323 e. The van der Waals surface area contributed by atoms with Crippen molar-refractivity contribution < 1.29 is 4.79 Å². The fourth-order valence-corrected chi connectivity index (χ4v) is 3.71. The standard InChI is InChI=1S/C16H21N5OS/c1-21(11-13-6-8-17-9-7-13)16(22)18-15-20-19-14(23-15)10-12-4-2-3-5-12/h6-9,12H,2-5,10-11H2,1H3,(H,18,20,22). The van der Waals surface area contributed by atoms with Crippen molar-refractivity contribution in [2.45, 2.75) is 38.6 Å². The van der Waals surface area contributed by atoms with E-state index >= 15 is 0 Å². The van der Waals surface area contributed by atoms with Gasteiger partial charge in [0, 0.05) is 32.4 Å². The summed E-state index contributed by atoms with van der Waals surface area (Å²) in [5.74, 6) is 0.737. The van der Waals surface area contributed by atoms with Crippen LogP contribution in [0.1, 0.15) is 36.3 Å². The lowest BCUT2D eigenvalue weighted by Gasteiger charge is -2.16. The number of amides is 2. The summed E-state index contributed by atoms with van der Waals surface area (Å²) in [6.07, 6.45) is 9.66. The molecule has 2 heterocycles. The summed E-state index contributed by atoms with van der Waals surface area (Å²) in [6.45, 7) is 0.530. The highest BCUT2D eigenvalue weighted by atomic mass is 32.1. The number of carbonyl (C=O) groups is 1. The first-order valence-corrected chi connectivity index (χ1v) is 8.76. The predicted octanol–water partition coefficient (Wildman–Crippen LogP) is 3.33. The zero-order chi connectivity index (χ0) is 16.1. The van der Waals surface area contributed by atoms with Crippen LogP contribution in [0.4, 0.5) is 9.93 Å². The fourth-order valence-electron chi connectivity index (χ4n) is 2.87. The van der Waals surface area contributed by atoms with Crippen molar-refractivity contribution in [2.75, 3.05) is 12.4 Å². The Bertz CT molecular complexity index is 639. The van der Waals surface area contributed by atoms with E-state index in [1.807, 2.05) is 12.1 Å². The average molecular weight is 331 g/mol. The van der Waals surface area contributed by atoms with E-state index in [0.717, 1.165) is 22.9 Å². The van der Waals surface area contributed by atoms with Crippen molar-refractivity contribution in [2.24, 2.45) is 5.92 Å². The molecular formula is C16H21N5OS. The molecule has 0 atom stereocenters. The first-order chi connectivity index (χ1) is 11.2. The lowest BCUT2D eigenvalue weighted by Crippen LogP contribution is -2.30. The summed E-state index contributed by atoms with van der Waals surface area (Å²) in [4.78, 5) is 17.8. The molecule has 6 nitrogen and oxygen atoms in total. The number of nitrogens with zero attached hydrogens (tertiary/aromatic N) is 4. The number of aromatic nitrogens is 3. The molecule has 0 radical (unpaired) electrons. The maximum absolute atomic E-state index is 12.2. The van der Waals surface area contributed by atoms with Crippen molar-refractivity contribution in [1.29, 1.82) is 0 Å². The van der Waals surface area contributed by atoms with Gasteiger partial charge in [-0.1, -0.05) is 37.0 Å². The number of hydrogen-bond acceptors (Lipinski definition) is 5. The smallest absolute Gasteiger partial charge is 0.323 e. The van der Waals surface area contributed by atoms with Crippen LogP contribution in [-0.4, -0.2) is 33.2 Å². The topological polar surface area (TPSA) is 71.0 Å². The molecule has 1 aliphatic carbocycles. The number of pyridine rings is 1. The lowest BCUT2D eigenvalue weighted by atomic mass is 10.1. The molecule has 122 valence electrons. The van der Waals surface area contributed by atoms with Crippen LogP contribution in [0.2, 0.25) is 0 Å². The third kappa shape index (κ3) is 4.48. The van der Waals surface area contributed by atoms with Gasteiger partial charge in [-0.15, -0.1) is 10.2 Å². The molecule has 0 aromatic carbocycles. The number of anilines is 1. The zero-order valence-electron chi connectivity index (χ0n) is 13.2. The molecule has 1 saturated carbocycles. The second-order valence-electron chi connectivity index (χ2n) is 6.00. The van der Waals surface area contributed by atoms with Gasteiger partial charge in [-0.05, 0) is 23.6 Å². The zero-order valence-corrected chi connectivity index (χ0v) is 14.1. The van der Waals surface area contributed by atoms with Crippen LogP contribution in [0.15, 0.2) is 24.5 Å². The SMILES string of the molecule is CN(Cc1ccncc1)C(=O)Nc1nnc(CC2CCCC2)s1. The van der Waals surface area contributed by atoms with Crippen molar-refractivity contribution >= 4 is 22.5 Å². The molecule has 0 bridgehead atoms. The first kappa shape index (κ1) is 15.9. The predicted molar refractivity (Wildman–Crippen MR) is 90.3 cm³/mol. The minimum absolute atomic E-state index is 0.176. The van der Waals surface area contributed by atoms with Gasteiger partial charge in [0.15, 0.2) is 0 Å². The van der Waals surface area contributed by atoms with Gasteiger partial charge in [-0.25, -0.2) is 4.79 Å². The van der Waals surface area contributed by atoms with E-state index in [9.17, 15) is 4.79 Å². The van der Waals surface area contributed by atoms with E-state index in [0.29, 0.717) is 11.7 Å². The van der Waals surface area contributed by atoms with Crippen LogP contribution < -0.4 is 5.32 Å². The van der Waals surface area contributed by atoms with E-state index in [1.165, 1.54) is 37.0 Å². The molecule has 23 heavy (non-hydrogen) atoms. The Morgan fingerprint density at radius 2 is 2.04 bits per heavy atom. The van der Waals surface area contributed by atoms with Crippen molar-refractivity contribution in [3.05, 3.63) is 35.1 Å². The Kier molecular flexibility index (Phi) is 5.17. The highest BCUT2D eigenvalue weighted by Crippen LogP contribution is 2.29. The molecule has 0 spiro atoms. The molecule has 0 aliphatic heterocycles. The number of hydrogen-bond donors (Lipinski definition) is 1. The minimum atomic E-state index is -0.176. The second kappa shape index (κ2) is 7.50. The van der Waals surface area contributed by atoms with Crippen LogP contribution in [0.5, 0.6) is 0 Å². The van der Waals surface area contributed by atoms with Gasteiger partial charge in [-0.3, -0.25) is 10.3 Å². The van der Waals surface area contributed by atoms with Gasteiger partial charge in [0.1, 0.15) is 5.01 Å². The van der Waals surface area contributed by atoms with Gasteiger partial charge < -0.3 is 4.90 Å². The maximum atomic E-state index is 12.2. The van der Waals surface area contributed by atoms with Gasteiger partial charge in [0.25, 0.3) is 0 Å². The number of nitrogens with one attached hydrogen (secondary N) is 1. The lowest BCUT2D eigenvalue weighted by molar-refractivity contribution is 0.220. The van der Waals surface area contributed by atoms with Crippen molar-refractivity contribution in [3.63, 3.8) is 0 Å². The van der Waals surface area contributed by atoms with Crippen LogP contribution in [0.3, 0.4) is 0 Å².